The number of benzene rings is 1. The molecular formula is C26H31Cl3N4O2. The molecule has 35 heavy (non-hydrogen) atoms. The van der Waals surface area contributed by atoms with Gasteiger partial charge in [0.25, 0.3) is 5.56 Å². The number of ether oxygens (including phenoxy) is 1. The molecule has 3 aromatic heterocycles. The highest BCUT2D eigenvalue weighted by Crippen LogP contribution is 2.19. The number of aromatic nitrogens is 3. The summed E-state index contributed by atoms with van der Waals surface area (Å²) in [5.41, 5.74) is 3.45. The van der Waals surface area contributed by atoms with E-state index in [2.05, 4.69) is 39.1 Å². The van der Waals surface area contributed by atoms with E-state index in [-0.39, 0.29) is 42.8 Å². The summed E-state index contributed by atoms with van der Waals surface area (Å²) >= 11 is 0. The molecule has 0 atom stereocenters. The molecule has 0 saturated heterocycles. The molecule has 0 amide bonds. The van der Waals surface area contributed by atoms with Crippen LogP contribution in [0.5, 0.6) is 5.75 Å². The van der Waals surface area contributed by atoms with E-state index in [9.17, 15) is 4.79 Å². The lowest BCUT2D eigenvalue weighted by Gasteiger charge is -2.22. The lowest BCUT2D eigenvalue weighted by atomic mass is 10.1. The van der Waals surface area contributed by atoms with Gasteiger partial charge in [0.2, 0.25) is 0 Å². The topological polar surface area (TPSA) is 60.2 Å². The summed E-state index contributed by atoms with van der Waals surface area (Å²) in [6.45, 7) is 3.43. The van der Waals surface area contributed by atoms with E-state index in [1.165, 1.54) is 11.1 Å². The number of hydrogen-bond donors (Lipinski definition) is 0. The number of hydrogen-bond acceptors (Lipinski definition) is 5. The zero-order valence-corrected chi connectivity index (χ0v) is 22.0. The quantitative estimate of drug-likeness (QED) is 0.263. The van der Waals surface area contributed by atoms with Gasteiger partial charge in [-0.1, -0.05) is 0 Å². The first kappa shape index (κ1) is 30.4. The molecule has 0 radical (unpaired) electrons. The fraction of sp³-hybridized carbons (Fsp3) is 0.269. The molecule has 6 nitrogen and oxygen atoms in total. The molecule has 0 spiro atoms. The number of pyridine rings is 3. The third-order valence-corrected chi connectivity index (χ3v) is 5.61. The first-order valence-corrected chi connectivity index (χ1v) is 10.9. The minimum absolute atomic E-state index is 0. The second kappa shape index (κ2) is 15.4. The molecular weight excluding hydrogens is 507 g/mol. The Hall–Kier alpha value is -2.64. The summed E-state index contributed by atoms with van der Waals surface area (Å²) in [5.74, 6) is 0.827. The van der Waals surface area contributed by atoms with Crippen molar-refractivity contribution in [1.82, 2.24) is 19.4 Å². The van der Waals surface area contributed by atoms with Crippen LogP contribution in [0.25, 0.3) is 10.9 Å². The van der Waals surface area contributed by atoms with E-state index in [0.29, 0.717) is 6.61 Å². The number of halogens is 3. The van der Waals surface area contributed by atoms with Gasteiger partial charge in [0.05, 0.1) is 12.1 Å². The molecule has 0 aliphatic rings. The van der Waals surface area contributed by atoms with Crippen molar-refractivity contribution in [3.63, 3.8) is 0 Å². The van der Waals surface area contributed by atoms with E-state index >= 15 is 0 Å². The SMILES string of the molecule is Cl.Cl.Cl.Cn1c(=O)ccc2cc(OCCCN(CCc3ccncc3)Cc3ccncc3)ccc21. The highest BCUT2D eigenvalue weighted by Gasteiger charge is 2.08. The Bertz CT molecular complexity index is 1210. The summed E-state index contributed by atoms with van der Waals surface area (Å²) in [5, 5.41) is 1.00. The van der Waals surface area contributed by atoms with Gasteiger partial charge in [-0.3, -0.25) is 19.7 Å². The number of fused-ring (bicyclic) bond motifs is 1. The van der Waals surface area contributed by atoms with Gasteiger partial charge in [0.15, 0.2) is 0 Å². The minimum atomic E-state index is -0.00720. The predicted molar refractivity (Wildman–Crippen MR) is 148 cm³/mol. The zero-order valence-electron chi connectivity index (χ0n) is 19.6. The van der Waals surface area contributed by atoms with Crippen molar-refractivity contribution in [1.29, 1.82) is 0 Å². The highest BCUT2D eigenvalue weighted by molar-refractivity contribution is 5.86. The lowest BCUT2D eigenvalue weighted by Crippen LogP contribution is -2.28. The number of aryl methyl sites for hydroxylation is 1. The third-order valence-electron chi connectivity index (χ3n) is 5.61. The Balaban J connectivity index is 0.00000204. The van der Waals surface area contributed by atoms with Crippen molar-refractivity contribution in [3.8, 4) is 5.75 Å². The van der Waals surface area contributed by atoms with Crippen molar-refractivity contribution >= 4 is 48.1 Å². The highest BCUT2D eigenvalue weighted by atomic mass is 35.5. The van der Waals surface area contributed by atoms with Crippen LogP contribution < -0.4 is 10.3 Å². The van der Waals surface area contributed by atoms with E-state index < -0.39 is 0 Å². The van der Waals surface area contributed by atoms with Crippen LogP contribution in [0, 0.1) is 0 Å². The molecule has 4 aromatic rings. The van der Waals surface area contributed by atoms with Gasteiger partial charge in [-0.15, -0.1) is 37.2 Å². The second-order valence-corrected chi connectivity index (χ2v) is 7.89. The Kier molecular flexibility index (Phi) is 13.3. The van der Waals surface area contributed by atoms with Crippen molar-refractivity contribution < 1.29 is 4.74 Å². The fourth-order valence-electron chi connectivity index (χ4n) is 3.78. The third kappa shape index (κ3) is 8.82. The lowest BCUT2D eigenvalue weighted by molar-refractivity contribution is 0.230. The molecule has 4 rings (SSSR count). The van der Waals surface area contributed by atoms with Crippen LogP contribution in [0.4, 0.5) is 0 Å². The molecule has 1 aromatic carbocycles. The largest absolute Gasteiger partial charge is 0.494 e. The molecule has 3 heterocycles. The molecule has 0 bridgehead atoms. The normalized spacial score (nSPS) is 10.2. The monoisotopic (exact) mass is 536 g/mol. The number of rotatable bonds is 10. The molecule has 0 fully saturated rings. The minimum Gasteiger partial charge on any atom is -0.494 e. The average molecular weight is 538 g/mol. The van der Waals surface area contributed by atoms with Crippen LogP contribution in [0.2, 0.25) is 0 Å². The maximum atomic E-state index is 11.8. The van der Waals surface area contributed by atoms with Crippen LogP contribution in [0.15, 0.2) is 84.2 Å². The first-order chi connectivity index (χ1) is 15.7. The molecule has 0 aliphatic heterocycles. The van der Waals surface area contributed by atoms with E-state index in [4.69, 9.17) is 4.74 Å². The molecule has 9 heteroatoms. The van der Waals surface area contributed by atoms with Crippen molar-refractivity contribution in [2.24, 2.45) is 7.05 Å². The second-order valence-electron chi connectivity index (χ2n) is 7.89. The molecule has 0 aliphatic carbocycles. The Labute approximate surface area is 224 Å². The van der Waals surface area contributed by atoms with Crippen LogP contribution in [-0.4, -0.2) is 39.1 Å². The van der Waals surface area contributed by atoms with Gasteiger partial charge in [0.1, 0.15) is 5.75 Å². The first-order valence-electron chi connectivity index (χ1n) is 10.9. The summed E-state index contributed by atoms with van der Waals surface area (Å²) in [4.78, 5) is 22.5. The maximum Gasteiger partial charge on any atom is 0.250 e. The fourth-order valence-corrected chi connectivity index (χ4v) is 3.78. The van der Waals surface area contributed by atoms with E-state index in [1.807, 2.05) is 49.1 Å². The van der Waals surface area contributed by atoms with Crippen molar-refractivity contribution in [3.05, 3.63) is 101 Å². The zero-order chi connectivity index (χ0) is 22.2. The van der Waals surface area contributed by atoms with Gasteiger partial charge in [-0.25, -0.2) is 0 Å². The predicted octanol–water partition coefficient (Wildman–Crippen LogP) is 5.11. The smallest absolute Gasteiger partial charge is 0.250 e. The van der Waals surface area contributed by atoms with Gasteiger partial charge >= 0.3 is 0 Å². The van der Waals surface area contributed by atoms with Gasteiger partial charge in [0, 0.05) is 62.9 Å². The van der Waals surface area contributed by atoms with E-state index in [0.717, 1.165) is 49.1 Å². The Morgan fingerprint density at radius 3 is 2.17 bits per heavy atom. The van der Waals surface area contributed by atoms with Gasteiger partial charge in [-0.2, -0.15) is 0 Å². The summed E-state index contributed by atoms with van der Waals surface area (Å²) < 4.78 is 7.67. The summed E-state index contributed by atoms with van der Waals surface area (Å²) in [6, 6.07) is 17.6. The molecule has 0 saturated carbocycles. The van der Waals surface area contributed by atoms with E-state index in [1.54, 1.807) is 17.7 Å². The van der Waals surface area contributed by atoms with Crippen molar-refractivity contribution in [2.75, 3.05) is 19.7 Å². The van der Waals surface area contributed by atoms with Crippen LogP contribution in [-0.2, 0) is 20.0 Å². The summed E-state index contributed by atoms with van der Waals surface area (Å²) in [7, 11) is 1.79. The average Bonchev–Trinajstić information content (AvgIpc) is 2.84. The van der Waals surface area contributed by atoms with Crippen molar-refractivity contribution in [2.45, 2.75) is 19.4 Å². The van der Waals surface area contributed by atoms with Crippen LogP contribution in [0.1, 0.15) is 17.5 Å². The molecule has 0 unspecified atom stereocenters. The van der Waals surface area contributed by atoms with Crippen LogP contribution in [0.3, 0.4) is 0 Å². The Morgan fingerprint density at radius 2 is 1.49 bits per heavy atom. The molecule has 0 N–H and O–H groups in total. The van der Waals surface area contributed by atoms with Crippen LogP contribution >= 0.6 is 37.2 Å². The standard InChI is InChI=1S/C26H28N4O2.3ClH/c1-29-25-5-4-24(19-23(25)3-6-26(29)31)32-18-2-16-30(20-22-9-14-28-15-10-22)17-11-21-7-12-27-13-8-21;;;/h3-10,12-15,19H,2,11,16-18,20H2,1H3;3*1H. The van der Waals surface area contributed by atoms with Gasteiger partial charge in [-0.05, 0) is 72.5 Å². The summed E-state index contributed by atoms with van der Waals surface area (Å²) in [6.07, 6.45) is 9.28. The Morgan fingerprint density at radius 1 is 0.829 bits per heavy atom. The van der Waals surface area contributed by atoms with Gasteiger partial charge < -0.3 is 9.30 Å². The molecule has 188 valence electrons. The maximum absolute atomic E-state index is 11.8. The number of nitrogens with zero attached hydrogens (tertiary/aromatic N) is 4.